The molecule has 28 heavy (non-hydrogen) atoms. The van der Waals surface area contributed by atoms with Gasteiger partial charge in [0.25, 0.3) is 0 Å². The summed E-state index contributed by atoms with van der Waals surface area (Å²) in [7, 11) is -3.53. The van der Waals surface area contributed by atoms with Gasteiger partial charge in [0, 0.05) is 24.7 Å². The summed E-state index contributed by atoms with van der Waals surface area (Å²) in [5, 5.41) is 3.03. The molecule has 1 N–H and O–H groups in total. The molecule has 2 aromatic carbocycles. The van der Waals surface area contributed by atoms with Gasteiger partial charge in [0.15, 0.2) is 0 Å². The molecule has 0 spiro atoms. The highest BCUT2D eigenvalue weighted by Crippen LogP contribution is 2.27. The van der Waals surface area contributed by atoms with E-state index in [1.165, 1.54) is 4.31 Å². The zero-order valence-corrected chi connectivity index (χ0v) is 17.6. The van der Waals surface area contributed by atoms with Crippen LogP contribution in [0.3, 0.4) is 0 Å². The van der Waals surface area contributed by atoms with Crippen LogP contribution in [0.5, 0.6) is 0 Å². The van der Waals surface area contributed by atoms with Crippen molar-refractivity contribution in [3.05, 3.63) is 59.2 Å². The summed E-state index contributed by atoms with van der Waals surface area (Å²) in [6, 6.07) is 13.3. The maximum absolute atomic E-state index is 13.0. The van der Waals surface area contributed by atoms with Gasteiger partial charge in [-0.15, -0.1) is 0 Å². The second-order valence-corrected chi connectivity index (χ2v) is 9.35. The van der Waals surface area contributed by atoms with Crippen LogP contribution in [0.25, 0.3) is 0 Å². The van der Waals surface area contributed by atoms with Gasteiger partial charge in [-0.05, 0) is 61.9 Å². The van der Waals surface area contributed by atoms with Crippen molar-refractivity contribution in [2.75, 3.05) is 18.4 Å². The van der Waals surface area contributed by atoms with E-state index in [0.29, 0.717) is 30.8 Å². The lowest BCUT2D eigenvalue weighted by Gasteiger charge is -2.31. The Hall–Kier alpha value is -2.18. The minimum atomic E-state index is -3.53. The molecule has 0 aromatic heterocycles. The smallest absolute Gasteiger partial charge is 0.243 e. The van der Waals surface area contributed by atoms with E-state index in [1.54, 1.807) is 6.07 Å². The van der Waals surface area contributed by atoms with E-state index in [2.05, 4.69) is 12.2 Å². The van der Waals surface area contributed by atoms with Gasteiger partial charge in [0.1, 0.15) is 0 Å². The van der Waals surface area contributed by atoms with Crippen LogP contribution in [0, 0.1) is 19.8 Å². The molecule has 1 heterocycles. The van der Waals surface area contributed by atoms with E-state index in [0.717, 1.165) is 28.8 Å². The molecular weight excluding hydrogens is 372 g/mol. The Kier molecular flexibility index (Phi) is 6.20. The van der Waals surface area contributed by atoms with E-state index in [9.17, 15) is 13.2 Å². The zero-order chi connectivity index (χ0) is 20.3. The highest BCUT2D eigenvalue weighted by molar-refractivity contribution is 7.89. The van der Waals surface area contributed by atoms with Gasteiger partial charge >= 0.3 is 0 Å². The Morgan fingerprint density at radius 2 is 1.79 bits per heavy atom. The van der Waals surface area contributed by atoms with Crippen molar-refractivity contribution in [3.8, 4) is 0 Å². The number of nitrogens with zero attached hydrogens (tertiary/aromatic N) is 1. The van der Waals surface area contributed by atoms with E-state index in [1.807, 2.05) is 50.2 Å². The predicted octanol–water partition coefficient (Wildman–Crippen LogP) is 3.91. The van der Waals surface area contributed by atoms with Crippen molar-refractivity contribution in [3.63, 3.8) is 0 Å². The number of hydrogen-bond acceptors (Lipinski definition) is 3. The first-order valence-electron chi connectivity index (χ1n) is 9.79. The monoisotopic (exact) mass is 400 g/mol. The molecule has 0 saturated carbocycles. The summed E-state index contributed by atoms with van der Waals surface area (Å²) in [6.45, 7) is 6.49. The molecule has 5 nitrogen and oxygen atoms in total. The Balaban J connectivity index is 1.67. The van der Waals surface area contributed by atoms with Crippen LogP contribution in [0.15, 0.2) is 47.4 Å². The fourth-order valence-corrected chi connectivity index (χ4v) is 5.45. The van der Waals surface area contributed by atoms with Gasteiger partial charge in [-0.25, -0.2) is 8.42 Å². The van der Waals surface area contributed by atoms with Crippen LogP contribution < -0.4 is 5.32 Å². The van der Waals surface area contributed by atoms with Gasteiger partial charge in [0.2, 0.25) is 15.9 Å². The molecule has 1 amide bonds. The molecule has 0 aliphatic carbocycles. The Bertz CT molecular complexity index is 961. The van der Waals surface area contributed by atoms with Crippen molar-refractivity contribution in [2.24, 2.45) is 5.92 Å². The number of nitrogens with one attached hydrogen (secondary N) is 1. The van der Waals surface area contributed by atoms with Crippen molar-refractivity contribution >= 4 is 21.6 Å². The average Bonchev–Trinajstić information content (AvgIpc) is 2.70. The Morgan fingerprint density at radius 3 is 2.46 bits per heavy atom. The van der Waals surface area contributed by atoms with Gasteiger partial charge < -0.3 is 5.32 Å². The van der Waals surface area contributed by atoms with Crippen molar-refractivity contribution < 1.29 is 13.2 Å². The Morgan fingerprint density at radius 1 is 1.11 bits per heavy atom. The number of anilines is 1. The lowest BCUT2D eigenvalue weighted by molar-refractivity contribution is -0.120. The van der Waals surface area contributed by atoms with Crippen LogP contribution in [0.4, 0.5) is 5.69 Å². The third-order valence-corrected chi connectivity index (χ3v) is 7.48. The van der Waals surface area contributed by atoms with Crippen LogP contribution >= 0.6 is 0 Å². The van der Waals surface area contributed by atoms with E-state index < -0.39 is 10.0 Å². The molecule has 150 valence electrons. The molecule has 1 aliphatic rings. The molecule has 1 saturated heterocycles. The van der Waals surface area contributed by atoms with E-state index in [-0.39, 0.29) is 11.8 Å². The summed E-state index contributed by atoms with van der Waals surface area (Å²) < 4.78 is 27.6. The first kappa shape index (κ1) is 20.6. The number of hydrogen-bond donors (Lipinski definition) is 1. The summed E-state index contributed by atoms with van der Waals surface area (Å²) in [6.07, 6.45) is 1.91. The highest BCUT2D eigenvalue weighted by Gasteiger charge is 2.33. The van der Waals surface area contributed by atoms with E-state index in [4.69, 9.17) is 0 Å². The summed E-state index contributed by atoms with van der Waals surface area (Å²) >= 11 is 0. The molecule has 6 heteroatoms. The number of aryl methyl sites for hydroxylation is 3. The van der Waals surface area contributed by atoms with Crippen molar-refractivity contribution in [1.82, 2.24) is 4.31 Å². The number of rotatable bonds is 5. The van der Waals surface area contributed by atoms with Crippen LogP contribution in [-0.4, -0.2) is 31.7 Å². The van der Waals surface area contributed by atoms with E-state index >= 15 is 0 Å². The lowest BCUT2D eigenvalue weighted by Crippen LogP contribution is -2.41. The van der Waals surface area contributed by atoms with Gasteiger partial charge in [0.05, 0.1) is 4.90 Å². The minimum absolute atomic E-state index is 0.0234. The largest absolute Gasteiger partial charge is 0.326 e. The van der Waals surface area contributed by atoms with Crippen LogP contribution in [0.2, 0.25) is 0 Å². The summed E-state index contributed by atoms with van der Waals surface area (Å²) in [5.41, 5.74) is 3.63. The normalized spacial score (nSPS) is 16.1. The number of sulfonamides is 1. The molecule has 1 aliphatic heterocycles. The molecular formula is C22H28N2O3S. The fraction of sp³-hybridized carbons (Fsp3) is 0.409. The highest BCUT2D eigenvalue weighted by atomic mass is 32.2. The quantitative estimate of drug-likeness (QED) is 0.828. The number of carbonyl (C=O) groups is 1. The average molecular weight is 401 g/mol. The zero-order valence-electron chi connectivity index (χ0n) is 16.7. The summed E-state index contributed by atoms with van der Waals surface area (Å²) in [4.78, 5) is 13.0. The minimum Gasteiger partial charge on any atom is -0.326 e. The van der Waals surface area contributed by atoms with Crippen molar-refractivity contribution in [2.45, 2.75) is 44.9 Å². The first-order valence-corrected chi connectivity index (χ1v) is 11.2. The summed E-state index contributed by atoms with van der Waals surface area (Å²) in [5.74, 6) is -0.195. The number of para-hydroxylation sites is 1. The van der Waals surface area contributed by atoms with Gasteiger partial charge in [-0.1, -0.05) is 37.3 Å². The number of piperidine rings is 1. The molecule has 0 radical (unpaired) electrons. The second kappa shape index (κ2) is 8.45. The third-order valence-electron chi connectivity index (χ3n) is 5.44. The Labute approximate surface area is 167 Å². The third kappa shape index (κ3) is 4.28. The van der Waals surface area contributed by atoms with Crippen LogP contribution in [-0.2, 0) is 21.2 Å². The second-order valence-electron chi connectivity index (χ2n) is 7.45. The van der Waals surface area contributed by atoms with Gasteiger partial charge in [-0.2, -0.15) is 4.31 Å². The number of benzene rings is 2. The SMILES string of the molecule is CCc1ccccc1NC(=O)C1CCN(S(=O)(=O)c2cc(C)ccc2C)CC1. The van der Waals surface area contributed by atoms with Gasteiger partial charge in [-0.3, -0.25) is 4.79 Å². The predicted molar refractivity (Wildman–Crippen MR) is 112 cm³/mol. The maximum atomic E-state index is 13.0. The molecule has 0 unspecified atom stereocenters. The molecule has 0 bridgehead atoms. The number of amides is 1. The molecule has 0 atom stereocenters. The fourth-order valence-electron chi connectivity index (χ4n) is 3.67. The van der Waals surface area contributed by atoms with Crippen molar-refractivity contribution in [1.29, 1.82) is 0 Å². The molecule has 2 aromatic rings. The first-order chi connectivity index (χ1) is 13.3. The maximum Gasteiger partial charge on any atom is 0.243 e. The number of carbonyl (C=O) groups excluding carboxylic acids is 1. The topological polar surface area (TPSA) is 66.5 Å². The molecule has 3 rings (SSSR count). The molecule has 1 fully saturated rings. The van der Waals surface area contributed by atoms with Crippen LogP contribution in [0.1, 0.15) is 36.5 Å². The standard InChI is InChI=1S/C22H28N2O3S/c1-4-18-7-5-6-8-20(18)23-22(25)19-11-13-24(14-12-19)28(26,27)21-15-16(2)9-10-17(21)3/h5-10,15,19H,4,11-14H2,1-3H3,(H,23,25). The lowest BCUT2D eigenvalue weighted by atomic mass is 9.97.